The van der Waals surface area contributed by atoms with Crippen molar-refractivity contribution in [3.8, 4) is 0 Å². The van der Waals surface area contributed by atoms with Crippen molar-refractivity contribution in [3.63, 3.8) is 0 Å². The van der Waals surface area contributed by atoms with Crippen molar-refractivity contribution >= 4 is 14.1 Å². The van der Waals surface area contributed by atoms with E-state index in [4.69, 9.17) is 18.6 Å². The number of ketones is 1. The minimum atomic E-state index is -1.93. The van der Waals surface area contributed by atoms with E-state index in [9.17, 15) is 4.79 Å². The summed E-state index contributed by atoms with van der Waals surface area (Å²) in [5.41, 5.74) is -0.297. The molecule has 0 radical (unpaired) electrons. The van der Waals surface area contributed by atoms with Gasteiger partial charge in [-0.1, -0.05) is 20.8 Å². The smallest absolute Gasteiger partial charge is 0.184 e. The van der Waals surface area contributed by atoms with Crippen LogP contribution in [0, 0.1) is 35.0 Å². The van der Waals surface area contributed by atoms with E-state index >= 15 is 0 Å². The fraction of sp³-hybridized carbons (Fsp3) is 0.957. The van der Waals surface area contributed by atoms with Gasteiger partial charge in [0, 0.05) is 17.8 Å². The van der Waals surface area contributed by atoms with Gasteiger partial charge < -0.3 is 18.6 Å². The lowest BCUT2D eigenvalue weighted by Crippen LogP contribution is -2.64. The fourth-order valence-corrected chi connectivity index (χ4v) is 8.45. The minimum absolute atomic E-state index is 0.0157. The van der Waals surface area contributed by atoms with Crippen molar-refractivity contribution in [2.24, 2.45) is 35.0 Å². The van der Waals surface area contributed by atoms with Crippen molar-refractivity contribution in [1.29, 1.82) is 0 Å². The molecule has 5 rings (SSSR count). The molecule has 2 heterocycles. The van der Waals surface area contributed by atoms with Crippen LogP contribution in [0.3, 0.4) is 0 Å². The molecule has 2 aliphatic heterocycles. The molecular weight excluding hydrogens is 384 g/mol. The molecule has 0 aromatic rings. The molecule has 5 nitrogen and oxygen atoms in total. The highest BCUT2D eigenvalue weighted by atomic mass is 28.4. The quantitative estimate of drug-likeness (QED) is 0.508. The average molecular weight is 423 g/mol. The first kappa shape index (κ1) is 20.6. The second kappa shape index (κ2) is 6.61. The van der Waals surface area contributed by atoms with Crippen LogP contribution in [0.25, 0.3) is 0 Å². The Bertz CT molecular complexity index is 681. The monoisotopic (exact) mass is 422 g/mol. The van der Waals surface area contributed by atoms with E-state index in [-0.39, 0.29) is 17.4 Å². The number of ether oxygens (including phenoxy) is 3. The first-order chi connectivity index (χ1) is 13.6. The lowest BCUT2D eigenvalue weighted by molar-refractivity contribution is -0.250. The van der Waals surface area contributed by atoms with Crippen LogP contribution in [0.4, 0.5) is 0 Å². The zero-order chi connectivity index (χ0) is 20.8. The molecule has 0 bridgehead atoms. The summed E-state index contributed by atoms with van der Waals surface area (Å²) in [5, 5.41) is 0. The van der Waals surface area contributed by atoms with Crippen LogP contribution in [-0.4, -0.2) is 51.4 Å². The van der Waals surface area contributed by atoms with Gasteiger partial charge in [-0.15, -0.1) is 0 Å². The first-order valence-corrected chi connectivity index (χ1v) is 15.1. The molecule has 2 saturated heterocycles. The second-order valence-corrected chi connectivity index (χ2v) is 16.2. The number of carbonyl (C=O) groups is 1. The third-order valence-corrected chi connectivity index (χ3v) is 9.52. The molecule has 3 saturated carbocycles. The molecule has 5 fully saturated rings. The Kier molecular flexibility index (Phi) is 4.70. The van der Waals surface area contributed by atoms with Crippen molar-refractivity contribution in [1.82, 2.24) is 0 Å². The molecule has 0 amide bonds. The van der Waals surface area contributed by atoms with E-state index in [2.05, 4.69) is 40.4 Å². The Hall–Kier alpha value is -0.273. The summed E-state index contributed by atoms with van der Waals surface area (Å²) in [6.45, 7) is 14.7. The van der Waals surface area contributed by atoms with E-state index in [0.29, 0.717) is 48.8 Å². The summed E-state index contributed by atoms with van der Waals surface area (Å²) in [5.74, 6) is 1.45. The second-order valence-electron chi connectivity index (χ2n) is 11.8. The van der Waals surface area contributed by atoms with Gasteiger partial charge in [0.15, 0.2) is 19.9 Å². The highest BCUT2D eigenvalue weighted by molar-refractivity contribution is 6.69. The maximum absolute atomic E-state index is 14.1. The molecule has 29 heavy (non-hydrogen) atoms. The molecule has 164 valence electrons. The van der Waals surface area contributed by atoms with Gasteiger partial charge in [0.05, 0.1) is 25.4 Å². The van der Waals surface area contributed by atoms with Gasteiger partial charge in [0.2, 0.25) is 0 Å². The number of epoxide rings is 1. The Morgan fingerprint density at radius 3 is 2.41 bits per heavy atom. The van der Waals surface area contributed by atoms with E-state index in [1.54, 1.807) is 0 Å². The molecule has 0 aromatic heterocycles. The number of rotatable bonds is 3. The molecule has 8 atom stereocenters. The summed E-state index contributed by atoms with van der Waals surface area (Å²) < 4.78 is 25.5. The van der Waals surface area contributed by atoms with Crippen LogP contribution in [0.2, 0.25) is 19.6 Å². The van der Waals surface area contributed by atoms with Crippen molar-refractivity contribution in [3.05, 3.63) is 0 Å². The highest BCUT2D eigenvalue weighted by Crippen LogP contribution is 2.65. The highest BCUT2D eigenvalue weighted by Gasteiger charge is 2.70. The molecule has 5 aliphatic rings. The first-order valence-electron chi connectivity index (χ1n) is 11.7. The SMILES string of the molecule is CC(C)[C@H]1CC[C@]2(C)C(=O)[C@@H](O[Si](C)(C)C)[C@H]3[C@H](C[C@@H]4O[C@@H]4CC34OCCO4)[C@H]12. The van der Waals surface area contributed by atoms with Crippen molar-refractivity contribution in [2.75, 3.05) is 13.2 Å². The average Bonchev–Trinajstić information content (AvgIpc) is 2.99. The Morgan fingerprint density at radius 2 is 1.79 bits per heavy atom. The summed E-state index contributed by atoms with van der Waals surface area (Å²) in [4.78, 5) is 14.1. The van der Waals surface area contributed by atoms with Gasteiger partial charge >= 0.3 is 0 Å². The standard InChI is InChI=1S/C23H38O5Si/c1-13(2)14-7-8-22(3)18(14)15-11-16-17(27-16)12-23(25-9-10-26-23)19(15)20(21(22)24)28-29(4,5)6/h13-20H,7-12H2,1-6H3/t14-,15-,16+,17-,18+,19-,20+,22+/m1/s1. The number of hydrogen-bond donors (Lipinski definition) is 0. The molecule has 6 heteroatoms. The van der Waals surface area contributed by atoms with Crippen LogP contribution >= 0.6 is 0 Å². The van der Waals surface area contributed by atoms with Crippen LogP contribution < -0.4 is 0 Å². The molecule has 0 unspecified atom stereocenters. The van der Waals surface area contributed by atoms with E-state index in [1.807, 2.05) is 0 Å². The Balaban J connectivity index is 1.64. The zero-order valence-electron chi connectivity index (χ0n) is 18.9. The summed E-state index contributed by atoms with van der Waals surface area (Å²) in [6.07, 6.45) is 3.99. The van der Waals surface area contributed by atoms with Crippen molar-refractivity contribution < 1.29 is 23.4 Å². The fourth-order valence-electron chi connectivity index (χ4n) is 7.44. The van der Waals surface area contributed by atoms with Gasteiger partial charge in [-0.2, -0.15) is 0 Å². The molecule has 3 aliphatic carbocycles. The minimum Gasteiger partial charge on any atom is -0.407 e. The van der Waals surface area contributed by atoms with Gasteiger partial charge in [0.25, 0.3) is 0 Å². The molecular formula is C23H38O5Si. The number of fused-ring (bicyclic) bond motifs is 5. The van der Waals surface area contributed by atoms with Gasteiger partial charge in [-0.25, -0.2) is 0 Å². The van der Waals surface area contributed by atoms with Crippen LogP contribution in [0.5, 0.6) is 0 Å². The summed E-state index contributed by atoms with van der Waals surface area (Å²) in [6, 6.07) is 0. The zero-order valence-corrected chi connectivity index (χ0v) is 19.9. The number of Topliss-reactive ketones (excluding diaryl/α,β-unsaturated/α-hetero) is 1. The maximum Gasteiger partial charge on any atom is 0.184 e. The predicted molar refractivity (Wildman–Crippen MR) is 112 cm³/mol. The van der Waals surface area contributed by atoms with Crippen molar-refractivity contribution in [2.45, 2.75) is 90.2 Å². The summed E-state index contributed by atoms with van der Waals surface area (Å²) in [7, 11) is -1.93. The predicted octanol–water partition coefficient (Wildman–Crippen LogP) is 4.01. The Morgan fingerprint density at radius 1 is 1.10 bits per heavy atom. The topological polar surface area (TPSA) is 57.3 Å². The third kappa shape index (κ3) is 3.12. The van der Waals surface area contributed by atoms with E-state index in [1.165, 1.54) is 0 Å². The normalized spacial score (nSPS) is 48.4. The van der Waals surface area contributed by atoms with Crippen LogP contribution in [0.15, 0.2) is 0 Å². The van der Waals surface area contributed by atoms with Gasteiger partial charge in [-0.3, -0.25) is 4.79 Å². The van der Waals surface area contributed by atoms with Crippen LogP contribution in [-0.2, 0) is 23.4 Å². The van der Waals surface area contributed by atoms with Gasteiger partial charge in [-0.05, 0) is 62.6 Å². The maximum atomic E-state index is 14.1. The number of carbonyl (C=O) groups excluding carboxylic acids is 1. The molecule has 0 aromatic carbocycles. The largest absolute Gasteiger partial charge is 0.407 e. The molecule has 0 N–H and O–H groups in total. The van der Waals surface area contributed by atoms with E-state index in [0.717, 1.165) is 25.7 Å². The molecule has 1 spiro atoms. The van der Waals surface area contributed by atoms with E-state index < -0.39 is 20.2 Å². The lowest BCUT2D eigenvalue weighted by atomic mass is 9.54. The van der Waals surface area contributed by atoms with Crippen LogP contribution in [0.1, 0.15) is 46.5 Å². The lowest BCUT2D eigenvalue weighted by Gasteiger charge is -2.55. The van der Waals surface area contributed by atoms with Gasteiger partial charge in [0.1, 0.15) is 6.10 Å². The summed E-state index contributed by atoms with van der Waals surface area (Å²) >= 11 is 0. The third-order valence-electron chi connectivity index (χ3n) is 8.56. The number of hydrogen-bond acceptors (Lipinski definition) is 5. The Labute approximate surface area is 176 Å².